The van der Waals surface area contributed by atoms with Gasteiger partial charge in [-0.2, -0.15) is 0 Å². The molecule has 0 unspecified atom stereocenters. The summed E-state index contributed by atoms with van der Waals surface area (Å²) in [5, 5.41) is 16.2. The summed E-state index contributed by atoms with van der Waals surface area (Å²) in [7, 11) is 0. The van der Waals surface area contributed by atoms with Crippen molar-refractivity contribution in [2.45, 2.75) is 5.22 Å². The number of furan rings is 1. The first-order valence-corrected chi connectivity index (χ1v) is 5.45. The molecule has 2 rings (SSSR count). The molecule has 0 aliphatic heterocycles. The Kier molecular flexibility index (Phi) is 3.16. The molecule has 16 heavy (non-hydrogen) atoms. The Morgan fingerprint density at radius 2 is 2.25 bits per heavy atom. The zero-order chi connectivity index (χ0) is 11.5. The molecule has 84 valence electrons. The van der Waals surface area contributed by atoms with E-state index in [1.807, 2.05) is 0 Å². The van der Waals surface area contributed by atoms with Gasteiger partial charge in [0.05, 0.1) is 0 Å². The molecule has 0 aromatic carbocycles. The van der Waals surface area contributed by atoms with Crippen LogP contribution in [0.4, 0.5) is 0 Å². The molecule has 0 fully saturated rings. The smallest absolute Gasteiger partial charge is 0.314 e. The van der Waals surface area contributed by atoms with Gasteiger partial charge < -0.3 is 13.9 Å². The maximum atomic E-state index is 10.3. The van der Waals surface area contributed by atoms with Gasteiger partial charge in [-0.1, -0.05) is 11.8 Å². The Bertz CT molecular complexity index is 510. The van der Waals surface area contributed by atoms with Crippen LogP contribution >= 0.6 is 23.4 Å². The summed E-state index contributed by atoms with van der Waals surface area (Å²) in [5.41, 5.74) is 0. The van der Waals surface area contributed by atoms with Crippen LogP contribution in [0.25, 0.3) is 11.7 Å². The molecule has 0 saturated heterocycles. The number of hydrogen-bond donors (Lipinski definition) is 1. The molecule has 2 aromatic rings. The molecule has 0 radical (unpaired) electrons. The number of halogens is 1. The van der Waals surface area contributed by atoms with E-state index in [1.165, 1.54) is 0 Å². The van der Waals surface area contributed by atoms with Crippen molar-refractivity contribution in [3.8, 4) is 11.7 Å². The number of nitrogens with zero attached hydrogens (tertiary/aromatic N) is 2. The van der Waals surface area contributed by atoms with E-state index in [0.717, 1.165) is 11.8 Å². The van der Waals surface area contributed by atoms with Crippen LogP contribution in [0.15, 0.2) is 26.2 Å². The van der Waals surface area contributed by atoms with Crippen LogP contribution in [-0.4, -0.2) is 27.0 Å². The quantitative estimate of drug-likeness (QED) is 0.843. The number of rotatable bonds is 4. The molecule has 0 saturated carbocycles. The van der Waals surface area contributed by atoms with E-state index in [2.05, 4.69) is 10.2 Å². The van der Waals surface area contributed by atoms with E-state index in [4.69, 9.17) is 25.5 Å². The summed E-state index contributed by atoms with van der Waals surface area (Å²) in [6.07, 6.45) is 0. The lowest BCUT2D eigenvalue weighted by molar-refractivity contribution is -0.133. The number of aromatic nitrogens is 2. The number of aliphatic carboxylic acids is 1. The second-order valence-corrected chi connectivity index (χ2v) is 3.96. The predicted molar refractivity (Wildman–Crippen MR) is 55.4 cm³/mol. The first kappa shape index (κ1) is 11.0. The van der Waals surface area contributed by atoms with Crippen molar-refractivity contribution in [2.24, 2.45) is 0 Å². The molecule has 2 aromatic heterocycles. The Morgan fingerprint density at radius 3 is 2.88 bits per heavy atom. The molecule has 0 amide bonds. The van der Waals surface area contributed by atoms with Crippen molar-refractivity contribution in [1.82, 2.24) is 10.2 Å². The minimum Gasteiger partial charge on any atom is -0.481 e. The van der Waals surface area contributed by atoms with Gasteiger partial charge in [-0.15, -0.1) is 10.2 Å². The summed E-state index contributed by atoms with van der Waals surface area (Å²) in [5.74, 6) is -0.578. The largest absolute Gasteiger partial charge is 0.481 e. The van der Waals surface area contributed by atoms with Gasteiger partial charge >= 0.3 is 5.97 Å². The number of hydrogen-bond acceptors (Lipinski definition) is 6. The van der Waals surface area contributed by atoms with Gasteiger partial charge in [-0.25, -0.2) is 0 Å². The maximum Gasteiger partial charge on any atom is 0.314 e. The molecule has 2 heterocycles. The fourth-order valence-corrected chi connectivity index (χ4v) is 1.55. The lowest BCUT2D eigenvalue weighted by Crippen LogP contribution is -1.97. The Morgan fingerprint density at radius 1 is 1.44 bits per heavy atom. The standard InChI is InChI=1S/C8H5ClN2O4S/c9-5-2-1-4(14-5)7-10-11-8(15-7)16-3-6(12)13/h1-2H,3H2,(H,12,13). The Hall–Kier alpha value is -1.47. The Balaban J connectivity index is 2.10. The minimum absolute atomic E-state index is 0.138. The van der Waals surface area contributed by atoms with E-state index in [1.54, 1.807) is 12.1 Å². The lowest BCUT2D eigenvalue weighted by Gasteiger charge is -1.88. The highest BCUT2D eigenvalue weighted by Crippen LogP contribution is 2.26. The van der Waals surface area contributed by atoms with Crippen molar-refractivity contribution in [1.29, 1.82) is 0 Å². The topological polar surface area (TPSA) is 89.4 Å². The fraction of sp³-hybridized carbons (Fsp3) is 0.125. The molecule has 0 spiro atoms. The van der Waals surface area contributed by atoms with Gasteiger partial charge in [0.2, 0.25) is 0 Å². The summed E-state index contributed by atoms with van der Waals surface area (Å²) in [4.78, 5) is 10.3. The van der Waals surface area contributed by atoms with E-state index in [9.17, 15) is 4.79 Å². The van der Waals surface area contributed by atoms with Gasteiger partial charge in [0.15, 0.2) is 11.0 Å². The summed E-state index contributed by atoms with van der Waals surface area (Å²) in [6.45, 7) is 0. The van der Waals surface area contributed by atoms with Crippen molar-refractivity contribution in [3.63, 3.8) is 0 Å². The lowest BCUT2D eigenvalue weighted by atomic mass is 10.5. The molecule has 1 N–H and O–H groups in total. The number of thioether (sulfide) groups is 1. The van der Waals surface area contributed by atoms with Gasteiger partial charge in [-0.3, -0.25) is 4.79 Å². The zero-order valence-corrected chi connectivity index (χ0v) is 9.29. The number of carbonyl (C=O) groups is 1. The highest BCUT2D eigenvalue weighted by Gasteiger charge is 2.13. The minimum atomic E-state index is -0.953. The third-order valence-electron chi connectivity index (χ3n) is 1.51. The summed E-state index contributed by atoms with van der Waals surface area (Å²) in [6, 6.07) is 3.13. The van der Waals surface area contributed by atoms with Gasteiger partial charge in [0, 0.05) is 0 Å². The van der Waals surface area contributed by atoms with Crippen LogP contribution in [0.3, 0.4) is 0 Å². The molecule has 6 nitrogen and oxygen atoms in total. The van der Waals surface area contributed by atoms with Gasteiger partial charge in [0.25, 0.3) is 11.1 Å². The van der Waals surface area contributed by atoms with E-state index in [-0.39, 0.29) is 22.1 Å². The van der Waals surface area contributed by atoms with Crippen LogP contribution in [0, 0.1) is 0 Å². The van der Waals surface area contributed by atoms with E-state index < -0.39 is 5.97 Å². The molecule has 8 heteroatoms. The zero-order valence-electron chi connectivity index (χ0n) is 7.71. The summed E-state index contributed by atoms with van der Waals surface area (Å²) >= 11 is 6.52. The van der Waals surface area contributed by atoms with Crippen LogP contribution in [0.2, 0.25) is 5.22 Å². The second kappa shape index (κ2) is 4.58. The average molecular weight is 261 g/mol. The third-order valence-corrected chi connectivity index (χ3v) is 2.52. The predicted octanol–water partition coefficient (Wildman–Crippen LogP) is 2.16. The first-order chi connectivity index (χ1) is 7.65. The highest BCUT2D eigenvalue weighted by atomic mass is 35.5. The SMILES string of the molecule is O=C(O)CSc1nnc(-c2ccc(Cl)o2)o1. The first-order valence-electron chi connectivity index (χ1n) is 4.09. The average Bonchev–Trinajstić information content (AvgIpc) is 2.83. The summed E-state index contributed by atoms with van der Waals surface area (Å²) < 4.78 is 10.2. The highest BCUT2D eigenvalue weighted by molar-refractivity contribution is 7.99. The van der Waals surface area contributed by atoms with E-state index >= 15 is 0 Å². The monoisotopic (exact) mass is 260 g/mol. The molecular formula is C8H5ClN2O4S. The molecule has 0 atom stereocenters. The number of carboxylic acid groups (broad SMARTS) is 1. The van der Waals surface area contributed by atoms with E-state index in [0.29, 0.717) is 5.76 Å². The Labute approximate surface area is 98.6 Å². The molecular weight excluding hydrogens is 256 g/mol. The van der Waals surface area contributed by atoms with Crippen LogP contribution < -0.4 is 0 Å². The van der Waals surface area contributed by atoms with Crippen LogP contribution in [0.1, 0.15) is 0 Å². The van der Waals surface area contributed by atoms with Crippen molar-refractivity contribution in [3.05, 3.63) is 17.4 Å². The fourth-order valence-electron chi connectivity index (χ4n) is 0.920. The molecule has 0 bridgehead atoms. The molecule has 0 aliphatic rings. The van der Waals surface area contributed by atoms with Crippen LogP contribution in [-0.2, 0) is 4.79 Å². The second-order valence-electron chi connectivity index (χ2n) is 2.66. The van der Waals surface area contributed by atoms with Crippen molar-refractivity contribution >= 4 is 29.3 Å². The van der Waals surface area contributed by atoms with Crippen molar-refractivity contribution < 1.29 is 18.7 Å². The molecule has 0 aliphatic carbocycles. The van der Waals surface area contributed by atoms with Crippen LogP contribution in [0.5, 0.6) is 0 Å². The third kappa shape index (κ3) is 2.56. The maximum absolute atomic E-state index is 10.3. The van der Waals surface area contributed by atoms with Gasteiger partial charge in [-0.05, 0) is 23.7 Å². The number of carboxylic acids is 1. The van der Waals surface area contributed by atoms with Gasteiger partial charge in [0.1, 0.15) is 5.75 Å². The normalized spacial score (nSPS) is 10.6. The van der Waals surface area contributed by atoms with Crippen molar-refractivity contribution in [2.75, 3.05) is 5.75 Å².